The topological polar surface area (TPSA) is 71.3 Å². The number of ether oxygens (including phenoxy) is 2. The molecule has 132 valence electrons. The molecule has 1 aromatic rings. The maximum Gasteiger partial charge on any atom is 0.256 e. The van der Waals surface area contributed by atoms with Crippen LogP contribution in [-0.2, 0) is 9.53 Å². The number of hydrogen-bond donors (Lipinski definition) is 1. The van der Waals surface area contributed by atoms with Crippen molar-refractivity contribution in [3.05, 3.63) is 23.8 Å². The Morgan fingerprint density at radius 1 is 1.33 bits per heavy atom. The van der Waals surface area contributed by atoms with Crippen LogP contribution in [0.15, 0.2) is 18.2 Å². The molecular formula is C19H28N2O3. The number of nitrogens with zero attached hydrogens (tertiary/aromatic N) is 1. The predicted octanol–water partition coefficient (Wildman–Crippen LogP) is 4.13. The van der Waals surface area contributed by atoms with Crippen LogP contribution < -0.4 is 10.1 Å². The number of carbonyl (C=O) groups is 1. The summed E-state index contributed by atoms with van der Waals surface area (Å²) in [6.45, 7) is 12.0. The fraction of sp³-hybridized carbons (Fsp3) is 0.579. The van der Waals surface area contributed by atoms with Gasteiger partial charge in [-0.05, 0) is 58.2 Å². The number of hydrogen-bond acceptors (Lipinski definition) is 4. The van der Waals surface area contributed by atoms with Crippen molar-refractivity contribution in [3.63, 3.8) is 0 Å². The van der Waals surface area contributed by atoms with Crippen molar-refractivity contribution in [3.8, 4) is 11.8 Å². The maximum absolute atomic E-state index is 12.7. The van der Waals surface area contributed by atoms with Crippen molar-refractivity contribution in [2.24, 2.45) is 5.92 Å². The lowest BCUT2D eigenvalue weighted by Gasteiger charge is -2.30. The first-order valence-corrected chi connectivity index (χ1v) is 8.38. The molecule has 5 heteroatoms. The average Bonchev–Trinajstić information content (AvgIpc) is 2.47. The van der Waals surface area contributed by atoms with Gasteiger partial charge in [0.05, 0.1) is 11.7 Å². The number of nitriles is 1. The van der Waals surface area contributed by atoms with Gasteiger partial charge >= 0.3 is 0 Å². The molecule has 0 aliphatic carbocycles. The van der Waals surface area contributed by atoms with Crippen molar-refractivity contribution in [2.75, 3.05) is 11.9 Å². The van der Waals surface area contributed by atoms with Crippen LogP contribution in [0.25, 0.3) is 0 Å². The Labute approximate surface area is 145 Å². The molecule has 0 saturated heterocycles. The third kappa shape index (κ3) is 5.54. The molecule has 5 nitrogen and oxygen atoms in total. The minimum Gasteiger partial charge on any atom is -0.490 e. The van der Waals surface area contributed by atoms with Crippen molar-refractivity contribution in [1.29, 1.82) is 5.26 Å². The van der Waals surface area contributed by atoms with Gasteiger partial charge in [0, 0.05) is 12.3 Å². The summed E-state index contributed by atoms with van der Waals surface area (Å²) in [6.07, 6.45) is 0.594. The zero-order valence-electron chi connectivity index (χ0n) is 15.5. The molecule has 1 aromatic carbocycles. The molecule has 0 heterocycles. The molecule has 1 atom stereocenters. The standard InChI is InChI=1S/C19H28N2O3/c1-7-23-19(6,11-13(2)3)18(22)21-16-8-9-17(24-14(4)5)15(10-16)12-20/h8-10,13-14H,7,11H2,1-6H3,(H,21,22). The summed E-state index contributed by atoms with van der Waals surface area (Å²) in [6, 6.07) is 7.16. The van der Waals surface area contributed by atoms with Gasteiger partial charge in [0.1, 0.15) is 17.4 Å². The van der Waals surface area contributed by atoms with Crippen LogP contribution in [0.1, 0.15) is 53.5 Å². The van der Waals surface area contributed by atoms with E-state index in [2.05, 4.69) is 25.2 Å². The van der Waals surface area contributed by atoms with Crippen LogP contribution in [0.4, 0.5) is 5.69 Å². The van der Waals surface area contributed by atoms with E-state index in [1.54, 1.807) is 25.1 Å². The highest BCUT2D eigenvalue weighted by molar-refractivity contribution is 5.97. The summed E-state index contributed by atoms with van der Waals surface area (Å²) in [5.74, 6) is 0.628. The van der Waals surface area contributed by atoms with Crippen molar-refractivity contribution >= 4 is 11.6 Å². The Hall–Kier alpha value is -2.06. The molecule has 1 N–H and O–H groups in total. The lowest BCUT2D eigenvalue weighted by molar-refractivity contribution is -0.140. The molecule has 0 aliphatic heterocycles. The molecule has 1 unspecified atom stereocenters. The third-order valence-electron chi connectivity index (χ3n) is 3.46. The molecule has 1 amide bonds. The fourth-order valence-corrected chi connectivity index (χ4v) is 2.63. The van der Waals surface area contributed by atoms with E-state index in [4.69, 9.17) is 9.47 Å². The van der Waals surface area contributed by atoms with E-state index in [0.29, 0.717) is 35.9 Å². The van der Waals surface area contributed by atoms with Crippen molar-refractivity contribution < 1.29 is 14.3 Å². The van der Waals surface area contributed by atoms with E-state index < -0.39 is 5.60 Å². The van der Waals surface area contributed by atoms with Crippen molar-refractivity contribution in [2.45, 2.75) is 59.7 Å². The Balaban J connectivity index is 2.98. The van der Waals surface area contributed by atoms with Gasteiger partial charge < -0.3 is 14.8 Å². The summed E-state index contributed by atoms with van der Waals surface area (Å²) >= 11 is 0. The fourth-order valence-electron chi connectivity index (χ4n) is 2.63. The van der Waals surface area contributed by atoms with E-state index in [1.165, 1.54) is 0 Å². The largest absolute Gasteiger partial charge is 0.490 e. The Kier molecular flexibility index (Phi) is 7.24. The highest BCUT2D eigenvalue weighted by Crippen LogP contribution is 2.26. The van der Waals surface area contributed by atoms with Gasteiger partial charge in [-0.2, -0.15) is 5.26 Å². The van der Waals surface area contributed by atoms with Gasteiger partial charge in [0.15, 0.2) is 0 Å². The number of anilines is 1. The first-order valence-electron chi connectivity index (χ1n) is 8.38. The monoisotopic (exact) mass is 332 g/mol. The minimum absolute atomic E-state index is 0.0233. The van der Waals surface area contributed by atoms with Gasteiger partial charge in [0.25, 0.3) is 5.91 Å². The van der Waals surface area contributed by atoms with Crippen LogP contribution in [0.5, 0.6) is 5.75 Å². The lowest BCUT2D eigenvalue weighted by atomic mass is 9.93. The highest BCUT2D eigenvalue weighted by Gasteiger charge is 2.34. The normalized spacial score (nSPS) is 13.5. The summed E-state index contributed by atoms with van der Waals surface area (Å²) in [5, 5.41) is 12.1. The maximum atomic E-state index is 12.7. The molecule has 0 aliphatic rings. The van der Waals surface area contributed by atoms with E-state index in [-0.39, 0.29) is 12.0 Å². The van der Waals surface area contributed by atoms with E-state index in [9.17, 15) is 10.1 Å². The first kappa shape index (κ1) is 20.0. The number of rotatable bonds is 8. The molecule has 0 fully saturated rings. The highest BCUT2D eigenvalue weighted by atomic mass is 16.5. The molecule has 0 spiro atoms. The second kappa shape index (κ2) is 8.70. The number of amides is 1. The van der Waals surface area contributed by atoms with Gasteiger partial charge in [-0.25, -0.2) is 0 Å². The summed E-state index contributed by atoms with van der Waals surface area (Å²) < 4.78 is 11.3. The van der Waals surface area contributed by atoms with E-state index in [0.717, 1.165) is 0 Å². The predicted molar refractivity (Wildman–Crippen MR) is 95.0 cm³/mol. The van der Waals surface area contributed by atoms with Crippen molar-refractivity contribution in [1.82, 2.24) is 0 Å². The third-order valence-corrected chi connectivity index (χ3v) is 3.46. The lowest BCUT2D eigenvalue weighted by Crippen LogP contribution is -2.44. The zero-order chi connectivity index (χ0) is 18.3. The molecule has 0 radical (unpaired) electrons. The van der Waals surface area contributed by atoms with Crippen LogP contribution in [0.2, 0.25) is 0 Å². The minimum atomic E-state index is -0.900. The molecule has 0 saturated carbocycles. The zero-order valence-corrected chi connectivity index (χ0v) is 15.5. The number of nitrogens with one attached hydrogen (secondary N) is 1. The summed E-state index contributed by atoms with van der Waals surface area (Å²) in [7, 11) is 0. The molecule has 0 aromatic heterocycles. The number of benzene rings is 1. The smallest absolute Gasteiger partial charge is 0.256 e. The number of carbonyl (C=O) groups excluding carboxylic acids is 1. The second-order valence-electron chi connectivity index (χ2n) is 6.71. The second-order valence-corrected chi connectivity index (χ2v) is 6.71. The van der Waals surface area contributed by atoms with Crippen LogP contribution in [0.3, 0.4) is 0 Å². The summed E-state index contributed by atoms with van der Waals surface area (Å²) in [5.41, 5.74) is 0.0499. The SMILES string of the molecule is CCOC(C)(CC(C)C)C(=O)Nc1ccc(OC(C)C)c(C#N)c1. The van der Waals surface area contributed by atoms with Crippen LogP contribution in [0, 0.1) is 17.2 Å². The molecule has 1 rings (SSSR count). The van der Waals surface area contributed by atoms with Crippen LogP contribution in [-0.4, -0.2) is 24.2 Å². The van der Waals surface area contributed by atoms with Gasteiger partial charge in [0.2, 0.25) is 0 Å². The Bertz CT molecular complexity index is 605. The average molecular weight is 332 g/mol. The first-order chi connectivity index (χ1) is 11.2. The van der Waals surface area contributed by atoms with Gasteiger partial charge in [-0.15, -0.1) is 0 Å². The van der Waals surface area contributed by atoms with E-state index in [1.807, 2.05) is 20.8 Å². The Morgan fingerprint density at radius 3 is 2.50 bits per heavy atom. The van der Waals surface area contributed by atoms with Gasteiger partial charge in [-0.3, -0.25) is 4.79 Å². The molecular weight excluding hydrogens is 304 g/mol. The quantitative estimate of drug-likeness (QED) is 0.777. The van der Waals surface area contributed by atoms with E-state index >= 15 is 0 Å². The summed E-state index contributed by atoms with van der Waals surface area (Å²) in [4.78, 5) is 12.7. The van der Waals surface area contributed by atoms with Crippen LogP contribution >= 0.6 is 0 Å². The molecule has 24 heavy (non-hydrogen) atoms. The van der Waals surface area contributed by atoms with Gasteiger partial charge in [-0.1, -0.05) is 13.8 Å². The Morgan fingerprint density at radius 2 is 2.00 bits per heavy atom. The molecule has 0 bridgehead atoms.